The van der Waals surface area contributed by atoms with Crippen molar-refractivity contribution < 1.29 is 14.3 Å². The minimum absolute atomic E-state index is 0.0475. The van der Waals surface area contributed by atoms with Crippen LogP contribution in [0, 0.1) is 6.92 Å². The third-order valence-electron chi connectivity index (χ3n) is 3.84. The number of rotatable bonds is 6. The van der Waals surface area contributed by atoms with Gasteiger partial charge < -0.3 is 9.47 Å². The van der Waals surface area contributed by atoms with Gasteiger partial charge in [0.2, 0.25) is 0 Å². The number of azo groups is 1. The molecule has 7 nitrogen and oxygen atoms in total. The summed E-state index contributed by atoms with van der Waals surface area (Å²) < 4.78 is 12.0. The molecule has 0 unspecified atom stereocenters. The van der Waals surface area contributed by atoms with E-state index in [1.807, 2.05) is 53.9 Å². The number of pyridine rings is 1. The zero-order valence-electron chi connectivity index (χ0n) is 15.0. The van der Waals surface area contributed by atoms with Gasteiger partial charge in [-0.25, -0.2) is 4.98 Å². The maximum atomic E-state index is 11.9. The first-order valence-corrected chi connectivity index (χ1v) is 8.30. The highest BCUT2D eigenvalue weighted by molar-refractivity contribution is 5.74. The predicted molar refractivity (Wildman–Crippen MR) is 97.4 cm³/mol. The van der Waals surface area contributed by atoms with Crippen LogP contribution in [-0.4, -0.2) is 29.1 Å². The average Bonchev–Trinajstić information content (AvgIpc) is 2.99. The lowest BCUT2D eigenvalue weighted by molar-refractivity contribution is -0.142. The van der Waals surface area contributed by atoms with E-state index in [1.165, 1.54) is 0 Å². The molecule has 3 aromatic rings. The number of aryl methyl sites for hydroxylation is 1. The molecule has 26 heavy (non-hydrogen) atoms. The molecule has 0 spiro atoms. The van der Waals surface area contributed by atoms with Crippen molar-refractivity contribution in [3.8, 4) is 5.75 Å². The van der Waals surface area contributed by atoms with Crippen LogP contribution in [-0.2, 0) is 16.0 Å². The Hall–Kier alpha value is -3.22. The van der Waals surface area contributed by atoms with Gasteiger partial charge in [-0.05, 0) is 49.7 Å². The van der Waals surface area contributed by atoms with Crippen LogP contribution in [0.1, 0.15) is 18.2 Å². The van der Waals surface area contributed by atoms with Crippen molar-refractivity contribution in [2.75, 3.05) is 13.7 Å². The molecule has 0 aliphatic rings. The predicted octanol–water partition coefficient (Wildman–Crippen LogP) is 4.17. The fourth-order valence-corrected chi connectivity index (χ4v) is 2.57. The number of esters is 1. The van der Waals surface area contributed by atoms with E-state index in [-0.39, 0.29) is 12.4 Å². The van der Waals surface area contributed by atoms with E-state index in [2.05, 4.69) is 15.2 Å². The third kappa shape index (κ3) is 3.72. The fraction of sp³-hybridized carbons (Fsp3) is 0.263. The molecule has 0 bridgehead atoms. The molecule has 0 aliphatic carbocycles. The van der Waals surface area contributed by atoms with Crippen LogP contribution in [0.4, 0.5) is 11.5 Å². The molecule has 0 saturated carbocycles. The number of aromatic nitrogens is 2. The molecule has 0 aliphatic heterocycles. The first-order chi connectivity index (χ1) is 12.6. The Balaban J connectivity index is 1.99. The summed E-state index contributed by atoms with van der Waals surface area (Å²) in [5.74, 6) is 0.930. The van der Waals surface area contributed by atoms with Crippen LogP contribution in [0.2, 0.25) is 0 Å². The Morgan fingerprint density at radius 2 is 1.96 bits per heavy atom. The molecule has 2 heterocycles. The first kappa shape index (κ1) is 17.6. The van der Waals surface area contributed by atoms with E-state index < -0.39 is 0 Å². The lowest BCUT2D eigenvalue weighted by Crippen LogP contribution is -2.07. The van der Waals surface area contributed by atoms with Crippen LogP contribution in [0.15, 0.2) is 52.8 Å². The number of carbonyl (C=O) groups excluding carboxylic acids is 1. The summed E-state index contributed by atoms with van der Waals surface area (Å²) in [7, 11) is 1.61. The monoisotopic (exact) mass is 352 g/mol. The molecule has 3 rings (SSSR count). The Kier molecular flexibility index (Phi) is 5.26. The van der Waals surface area contributed by atoms with Crippen molar-refractivity contribution in [3.63, 3.8) is 0 Å². The highest BCUT2D eigenvalue weighted by atomic mass is 16.5. The summed E-state index contributed by atoms with van der Waals surface area (Å²) in [4.78, 5) is 16.5. The lowest BCUT2D eigenvalue weighted by Gasteiger charge is -2.01. The van der Waals surface area contributed by atoms with E-state index in [0.717, 1.165) is 17.0 Å². The Morgan fingerprint density at radius 3 is 2.65 bits per heavy atom. The molecular weight excluding hydrogens is 332 g/mol. The smallest absolute Gasteiger partial charge is 0.312 e. The van der Waals surface area contributed by atoms with Crippen LogP contribution >= 0.6 is 0 Å². The molecule has 0 N–H and O–H groups in total. The molecule has 0 atom stereocenters. The summed E-state index contributed by atoms with van der Waals surface area (Å²) in [5.41, 5.74) is 2.95. The van der Waals surface area contributed by atoms with E-state index in [1.54, 1.807) is 14.0 Å². The maximum Gasteiger partial charge on any atom is 0.312 e. The van der Waals surface area contributed by atoms with Gasteiger partial charge in [0.15, 0.2) is 5.82 Å². The van der Waals surface area contributed by atoms with Crippen molar-refractivity contribution >= 4 is 23.1 Å². The Labute approximate surface area is 151 Å². The fourth-order valence-electron chi connectivity index (χ4n) is 2.57. The summed E-state index contributed by atoms with van der Waals surface area (Å²) in [6.45, 7) is 4.06. The molecular formula is C19H20N4O3. The van der Waals surface area contributed by atoms with Crippen LogP contribution < -0.4 is 4.74 Å². The number of nitrogens with zero attached hydrogens (tertiary/aromatic N) is 4. The topological polar surface area (TPSA) is 77.5 Å². The largest absolute Gasteiger partial charge is 0.497 e. The summed E-state index contributed by atoms with van der Waals surface area (Å²) in [6, 6.07) is 11.1. The highest BCUT2D eigenvalue weighted by Gasteiger charge is 2.17. The number of ether oxygens (including phenoxy) is 2. The van der Waals surface area contributed by atoms with Gasteiger partial charge in [0.05, 0.1) is 31.5 Å². The SMILES string of the molecule is CCOC(=O)Cc1nc2c(C)cccn2c1N=Nc1ccc(OC)cc1. The van der Waals surface area contributed by atoms with Gasteiger partial charge in [0, 0.05) is 6.20 Å². The molecule has 0 saturated heterocycles. The number of fused-ring (bicyclic) bond motifs is 1. The summed E-state index contributed by atoms with van der Waals surface area (Å²) in [5, 5.41) is 8.63. The highest BCUT2D eigenvalue weighted by Crippen LogP contribution is 2.27. The number of hydrogen-bond donors (Lipinski definition) is 0. The molecule has 134 valence electrons. The van der Waals surface area contributed by atoms with Gasteiger partial charge in [-0.2, -0.15) is 0 Å². The van der Waals surface area contributed by atoms with E-state index >= 15 is 0 Å². The third-order valence-corrected chi connectivity index (χ3v) is 3.84. The van der Waals surface area contributed by atoms with E-state index in [9.17, 15) is 4.79 Å². The number of imidazole rings is 1. The van der Waals surface area contributed by atoms with Gasteiger partial charge in [-0.3, -0.25) is 9.20 Å². The number of hydrogen-bond acceptors (Lipinski definition) is 6. The number of methoxy groups -OCH3 is 1. The second kappa shape index (κ2) is 7.77. The first-order valence-electron chi connectivity index (χ1n) is 8.30. The lowest BCUT2D eigenvalue weighted by atomic mass is 10.3. The number of carbonyl (C=O) groups is 1. The standard InChI is InChI=1S/C19H20N4O3/c1-4-26-17(24)12-16-19(23-11-5-6-13(2)18(23)20-16)22-21-14-7-9-15(25-3)10-8-14/h5-11H,4,12H2,1-3H3. The second-order valence-corrected chi connectivity index (χ2v) is 5.65. The Bertz CT molecular complexity index is 945. The van der Waals surface area contributed by atoms with Crippen molar-refractivity contribution in [2.24, 2.45) is 10.2 Å². The average molecular weight is 352 g/mol. The minimum Gasteiger partial charge on any atom is -0.497 e. The maximum absolute atomic E-state index is 11.9. The Morgan fingerprint density at radius 1 is 1.19 bits per heavy atom. The van der Waals surface area contributed by atoms with Gasteiger partial charge in [-0.1, -0.05) is 6.07 Å². The van der Waals surface area contributed by atoms with Crippen LogP contribution in [0.5, 0.6) is 5.75 Å². The van der Waals surface area contributed by atoms with Crippen molar-refractivity contribution in [1.82, 2.24) is 9.38 Å². The zero-order valence-corrected chi connectivity index (χ0v) is 15.0. The van der Waals surface area contributed by atoms with Gasteiger partial charge in [-0.15, -0.1) is 10.2 Å². The van der Waals surface area contributed by atoms with Crippen molar-refractivity contribution in [3.05, 3.63) is 53.9 Å². The van der Waals surface area contributed by atoms with E-state index in [4.69, 9.17) is 9.47 Å². The van der Waals surface area contributed by atoms with Gasteiger partial charge in [0.1, 0.15) is 11.4 Å². The molecule has 0 amide bonds. The zero-order chi connectivity index (χ0) is 18.5. The quantitative estimate of drug-likeness (QED) is 0.493. The second-order valence-electron chi connectivity index (χ2n) is 5.65. The molecule has 0 fully saturated rings. The number of benzene rings is 1. The van der Waals surface area contributed by atoms with Crippen molar-refractivity contribution in [2.45, 2.75) is 20.3 Å². The van der Waals surface area contributed by atoms with Crippen molar-refractivity contribution in [1.29, 1.82) is 0 Å². The summed E-state index contributed by atoms with van der Waals surface area (Å²) in [6.07, 6.45) is 1.90. The van der Waals surface area contributed by atoms with E-state index in [0.29, 0.717) is 23.8 Å². The molecule has 0 radical (unpaired) electrons. The minimum atomic E-state index is -0.338. The normalized spacial score (nSPS) is 11.2. The van der Waals surface area contributed by atoms with Gasteiger partial charge >= 0.3 is 5.97 Å². The van der Waals surface area contributed by atoms with Crippen LogP contribution in [0.3, 0.4) is 0 Å². The summed E-state index contributed by atoms with van der Waals surface area (Å²) >= 11 is 0. The molecule has 2 aromatic heterocycles. The van der Waals surface area contributed by atoms with Gasteiger partial charge in [0.25, 0.3) is 0 Å². The van der Waals surface area contributed by atoms with Crippen LogP contribution in [0.25, 0.3) is 5.65 Å². The molecule has 7 heteroatoms. The molecule has 1 aromatic carbocycles.